The minimum atomic E-state index is -4.69. The lowest BCUT2D eigenvalue weighted by Gasteiger charge is -2.29. The monoisotopic (exact) mass is 905 g/mol. The van der Waals surface area contributed by atoms with Crippen molar-refractivity contribution in [1.82, 2.24) is 0 Å². The van der Waals surface area contributed by atoms with Gasteiger partial charge in [0.05, 0.1) is 29.1 Å². The minimum absolute atomic E-state index is 0.0864. The molecule has 1 aliphatic carbocycles. The molecule has 3 aliphatic heterocycles. The highest BCUT2D eigenvalue weighted by Crippen LogP contribution is 2.51. The van der Waals surface area contributed by atoms with E-state index in [0.717, 1.165) is 42.8 Å². The Balaban J connectivity index is 1.23. The van der Waals surface area contributed by atoms with Crippen molar-refractivity contribution in [1.29, 1.82) is 0 Å². The molecule has 2 aromatic carbocycles. The average molecular weight is 905 g/mol. The molecule has 4 aliphatic rings. The summed E-state index contributed by atoms with van der Waals surface area (Å²) < 4.78 is 62.2. The second-order valence-corrected chi connectivity index (χ2v) is 15.4. The molecule has 1 saturated carbocycles. The van der Waals surface area contributed by atoms with Crippen LogP contribution in [0.3, 0.4) is 0 Å². The predicted molar refractivity (Wildman–Crippen MR) is 165 cm³/mol. The van der Waals surface area contributed by atoms with Gasteiger partial charge >= 0.3 is 11.9 Å². The van der Waals surface area contributed by atoms with E-state index in [2.05, 4.69) is 67.8 Å². The van der Waals surface area contributed by atoms with Crippen molar-refractivity contribution in [3.05, 3.63) is 52.2 Å². The lowest BCUT2D eigenvalue weighted by molar-refractivity contribution is -0.143. The number of ether oxygens (including phenoxy) is 4. The van der Waals surface area contributed by atoms with Crippen LogP contribution in [0.2, 0.25) is 0 Å². The Labute approximate surface area is 272 Å². The van der Waals surface area contributed by atoms with Crippen molar-refractivity contribution in [2.75, 3.05) is 6.61 Å². The maximum atomic E-state index is 13.5. The van der Waals surface area contributed by atoms with Gasteiger partial charge in [-0.15, -0.1) is 0 Å². The summed E-state index contributed by atoms with van der Waals surface area (Å²) in [6.45, 7) is 0.277. The van der Waals surface area contributed by atoms with Gasteiger partial charge in [-0.05, 0) is 122 Å². The molecule has 4 fully saturated rings. The van der Waals surface area contributed by atoms with Crippen LogP contribution in [0, 0.1) is 22.5 Å². The van der Waals surface area contributed by atoms with E-state index in [-0.39, 0.29) is 35.2 Å². The summed E-state index contributed by atoms with van der Waals surface area (Å²) >= 11 is 6.44. The lowest BCUT2D eigenvalue weighted by atomic mass is 9.79. The van der Waals surface area contributed by atoms with Gasteiger partial charge < -0.3 is 23.5 Å². The van der Waals surface area contributed by atoms with E-state index in [4.69, 9.17) is 18.9 Å². The van der Waals surface area contributed by atoms with Gasteiger partial charge in [-0.2, -0.15) is 0 Å². The maximum Gasteiger partial charge on any atom is 0.339 e. The Morgan fingerprint density at radius 2 is 1.73 bits per heavy atom. The predicted octanol–water partition coefficient (Wildman–Crippen LogP) is 5.00. The third-order valence-corrected chi connectivity index (χ3v) is 12.8. The summed E-state index contributed by atoms with van der Waals surface area (Å²) in [6, 6.07) is 7.82. The van der Waals surface area contributed by atoms with Crippen molar-refractivity contribution in [2.24, 2.45) is 11.8 Å². The lowest BCUT2D eigenvalue weighted by Crippen LogP contribution is -2.48. The first-order valence-corrected chi connectivity index (χ1v) is 17.6. The number of hydrogen-bond donors (Lipinski definition) is 0. The topological polar surface area (TPSA) is 128 Å². The van der Waals surface area contributed by atoms with Gasteiger partial charge in [-0.1, -0.05) is 19.3 Å². The average Bonchev–Trinajstić information content (AvgIpc) is 3.55. The maximum absolute atomic E-state index is 13.5. The molecular weight excluding hydrogens is 881 g/mol. The van der Waals surface area contributed by atoms with Crippen molar-refractivity contribution in [2.45, 2.75) is 67.3 Å². The Kier molecular flexibility index (Phi) is 8.46. The number of hydrogen-bond acceptors (Lipinski definition) is 9. The summed E-state index contributed by atoms with van der Waals surface area (Å²) in [5.41, 5.74) is 0.846. The van der Waals surface area contributed by atoms with Gasteiger partial charge in [0.1, 0.15) is 28.1 Å². The Hall–Kier alpha value is -0.600. The van der Waals surface area contributed by atoms with Crippen LogP contribution < -0.4 is 4.74 Å². The summed E-state index contributed by atoms with van der Waals surface area (Å²) in [6.07, 6.45) is 2.15. The molecule has 0 radical (unpaired) electrons. The van der Waals surface area contributed by atoms with Crippen LogP contribution >= 0.6 is 67.8 Å². The fourth-order valence-electron chi connectivity index (χ4n) is 6.47. The van der Waals surface area contributed by atoms with Crippen molar-refractivity contribution in [3.63, 3.8) is 0 Å². The number of benzene rings is 2. The first kappa shape index (κ1) is 29.5. The number of fused-ring (bicyclic) bond motifs is 1. The van der Waals surface area contributed by atoms with Crippen molar-refractivity contribution >= 4 is 89.8 Å². The molecule has 40 heavy (non-hydrogen) atoms. The summed E-state index contributed by atoms with van der Waals surface area (Å²) in [5.74, 6) is -1.95. The van der Waals surface area contributed by atoms with Gasteiger partial charge in [0.15, 0.2) is 6.10 Å². The normalized spacial score (nSPS) is 29.5. The van der Waals surface area contributed by atoms with Gasteiger partial charge in [0.2, 0.25) is 0 Å². The molecular formula is C27H24I3O9S-. The molecule has 2 bridgehead atoms. The highest BCUT2D eigenvalue weighted by atomic mass is 127. The molecule has 214 valence electrons. The molecule has 6 atom stereocenters. The van der Waals surface area contributed by atoms with E-state index < -0.39 is 46.3 Å². The molecule has 6 rings (SSSR count). The number of carbonyl (C=O) groups is 2. The number of rotatable bonds is 6. The smallest absolute Gasteiger partial charge is 0.339 e. The third kappa shape index (κ3) is 5.44. The molecule has 0 N–H and O–H groups in total. The summed E-state index contributed by atoms with van der Waals surface area (Å²) in [7, 11) is -4.69. The number of carbonyl (C=O) groups excluding carboxylic acids is 2. The number of halogens is 3. The van der Waals surface area contributed by atoms with Gasteiger partial charge in [-0.25, -0.2) is 13.2 Å². The fraction of sp³-hybridized carbons (Fsp3) is 0.481. The van der Waals surface area contributed by atoms with Crippen LogP contribution in [0.15, 0.2) is 35.2 Å². The van der Waals surface area contributed by atoms with Crippen LogP contribution in [0.1, 0.15) is 53.9 Å². The Bertz CT molecular complexity index is 1470. The zero-order valence-electron chi connectivity index (χ0n) is 20.9. The largest absolute Gasteiger partial charge is 0.744 e. The Morgan fingerprint density at radius 1 is 0.975 bits per heavy atom. The van der Waals surface area contributed by atoms with Crippen molar-refractivity contribution in [3.8, 4) is 5.75 Å². The van der Waals surface area contributed by atoms with E-state index in [9.17, 15) is 22.6 Å². The molecule has 3 saturated heterocycles. The molecule has 3 heterocycles. The van der Waals surface area contributed by atoms with E-state index in [0.29, 0.717) is 11.1 Å². The SMILES string of the molecule is O=C(OC1C2OCC3C2OC1C3C(=O)Oc1ccc(S(=O)(=O)[O-])c(C2CCCCC2)c1)c1cc(I)cc(I)c1I. The standard InChI is InChI=1S/C27H25I3O9S/c28-13-8-16(21(30)18(29)9-13)26(31)39-25-23-20(17-11-36-24(25)22(17)38-23)27(32)37-14-6-7-19(40(33,34)35)15(10-14)12-4-2-1-3-5-12/h6-10,12,17,20,22-25H,1-5,11H2,(H,33,34,35)/p-1. The van der Waals surface area contributed by atoms with E-state index in [1.165, 1.54) is 18.2 Å². The molecule has 0 aromatic heterocycles. The van der Waals surface area contributed by atoms with Gasteiger partial charge in [0.25, 0.3) is 0 Å². The highest BCUT2D eigenvalue weighted by molar-refractivity contribution is 14.1. The third-order valence-electron chi connectivity index (χ3n) is 8.25. The zero-order chi connectivity index (χ0) is 28.3. The van der Waals surface area contributed by atoms with Gasteiger partial charge in [-0.3, -0.25) is 4.79 Å². The second-order valence-electron chi connectivity index (χ2n) is 10.6. The number of esters is 2. The molecule has 9 nitrogen and oxygen atoms in total. The first-order valence-electron chi connectivity index (χ1n) is 13.0. The first-order chi connectivity index (χ1) is 19.0. The highest BCUT2D eigenvalue weighted by Gasteiger charge is 2.68. The van der Waals surface area contributed by atoms with Crippen LogP contribution in [-0.4, -0.2) is 55.9 Å². The summed E-state index contributed by atoms with van der Waals surface area (Å²) in [4.78, 5) is 26.5. The van der Waals surface area contributed by atoms with Gasteiger partial charge in [0, 0.05) is 16.6 Å². The molecule has 13 heteroatoms. The molecule has 2 aromatic rings. The van der Waals surface area contributed by atoms with Crippen LogP contribution in [0.4, 0.5) is 0 Å². The van der Waals surface area contributed by atoms with E-state index in [1.807, 2.05) is 6.07 Å². The van der Waals surface area contributed by atoms with Crippen LogP contribution in [-0.2, 0) is 29.1 Å². The zero-order valence-corrected chi connectivity index (χ0v) is 28.2. The molecule has 0 amide bonds. The van der Waals surface area contributed by atoms with E-state index in [1.54, 1.807) is 6.07 Å². The molecule has 0 spiro atoms. The van der Waals surface area contributed by atoms with Crippen LogP contribution in [0.25, 0.3) is 0 Å². The minimum Gasteiger partial charge on any atom is -0.744 e. The second kappa shape index (κ2) is 11.5. The molecule has 6 unspecified atom stereocenters. The summed E-state index contributed by atoms with van der Waals surface area (Å²) in [5, 5.41) is 0. The Morgan fingerprint density at radius 3 is 2.45 bits per heavy atom. The van der Waals surface area contributed by atoms with Crippen LogP contribution in [0.5, 0.6) is 5.75 Å². The quantitative estimate of drug-likeness (QED) is 0.130. The van der Waals surface area contributed by atoms with E-state index >= 15 is 0 Å². The fourth-order valence-corrected chi connectivity index (χ4v) is 9.60. The van der Waals surface area contributed by atoms with Crippen molar-refractivity contribution < 1.29 is 41.5 Å².